The number of aromatic nitrogens is 1. The molecule has 0 aliphatic heterocycles. The fourth-order valence-corrected chi connectivity index (χ4v) is 2.11. The third-order valence-corrected chi connectivity index (χ3v) is 3.34. The van der Waals surface area contributed by atoms with Gasteiger partial charge in [0, 0.05) is 24.4 Å². The van der Waals surface area contributed by atoms with E-state index in [2.05, 4.69) is 24.0 Å². The zero-order valence-corrected chi connectivity index (χ0v) is 12.2. The van der Waals surface area contributed by atoms with E-state index in [4.69, 9.17) is 10.5 Å². The van der Waals surface area contributed by atoms with Gasteiger partial charge in [0.1, 0.15) is 5.75 Å². The number of aryl methyl sites for hydroxylation is 1. The van der Waals surface area contributed by atoms with Crippen molar-refractivity contribution in [1.29, 1.82) is 0 Å². The Balaban J connectivity index is 2.01. The lowest BCUT2D eigenvalue weighted by atomic mass is 10.0. The van der Waals surface area contributed by atoms with Crippen LogP contribution in [0.1, 0.15) is 36.7 Å². The summed E-state index contributed by atoms with van der Waals surface area (Å²) in [6.07, 6.45) is 3.69. The highest BCUT2D eigenvalue weighted by molar-refractivity contribution is 5.30. The first-order valence-corrected chi connectivity index (χ1v) is 7.15. The van der Waals surface area contributed by atoms with E-state index in [9.17, 15) is 0 Å². The second-order valence-corrected chi connectivity index (χ2v) is 4.82. The lowest BCUT2D eigenvalue weighted by Gasteiger charge is -2.12. The molecule has 1 aromatic heterocycles. The van der Waals surface area contributed by atoms with Crippen molar-refractivity contribution in [2.45, 2.75) is 32.7 Å². The van der Waals surface area contributed by atoms with Crippen molar-refractivity contribution in [3.63, 3.8) is 0 Å². The maximum absolute atomic E-state index is 6.24. The first-order chi connectivity index (χ1) is 9.72. The molecular weight excluding hydrogens is 248 g/mol. The molecule has 2 N–H and O–H groups in total. The highest BCUT2D eigenvalue weighted by Gasteiger charge is 2.08. The lowest BCUT2D eigenvalue weighted by Crippen LogP contribution is -2.14. The molecule has 0 bridgehead atoms. The molecule has 1 heterocycles. The average Bonchev–Trinajstić information content (AvgIpc) is 2.49. The minimum atomic E-state index is -0.0364. The smallest absolute Gasteiger partial charge is 0.119 e. The van der Waals surface area contributed by atoms with Crippen LogP contribution in [0, 0.1) is 0 Å². The first kappa shape index (κ1) is 14.5. The Hall–Kier alpha value is -1.87. The Morgan fingerprint density at radius 3 is 2.40 bits per heavy atom. The Bertz CT molecular complexity index is 520. The van der Waals surface area contributed by atoms with Gasteiger partial charge in [-0.05, 0) is 42.7 Å². The van der Waals surface area contributed by atoms with Gasteiger partial charge in [0.2, 0.25) is 0 Å². The molecule has 0 radical (unpaired) electrons. The van der Waals surface area contributed by atoms with E-state index in [1.807, 2.05) is 37.4 Å². The maximum atomic E-state index is 6.24. The van der Waals surface area contributed by atoms with Crippen molar-refractivity contribution in [1.82, 2.24) is 4.98 Å². The highest BCUT2D eigenvalue weighted by Crippen LogP contribution is 2.19. The SMILES string of the molecule is CCOc1ccc(C(N)Cc2ccc(CC)cn2)cc1. The molecule has 1 aromatic carbocycles. The summed E-state index contributed by atoms with van der Waals surface area (Å²) in [6.45, 7) is 4.78. The van der Waals surface area contributed by atoms with Crippen molar-refractivity contribution in [3.05, 3.63) is 59.4 Å². The van der Waals surface area contributed by atoms with Crippen LogP contribution in [-0.2, 0) is 12.8 Å². The van der Waals surface area contributed by atoms with E-state index in [1.54, 1.807) is 0 Å². The van der Waals surface area contributed by atoms with Crippen molar-refractivity contribution in [2.24, 2.45) is 5.73 Å². The number of rotatable bonds is 6. The van der Waals surface area contributed by atoms with Gasteiger partial charge in [-0.15, -0.1) is 0 Å². The Labute approximate surface area is 120 Å². The van der Waals surface area contributed by atoms with Gasteiger partial charge in [-0.25, -0.2) is 0 Å². The van der Waals surface area contributed by atoms with Gasteiger partial charge in [0.15, 0.2) is 0 Å². The van der Waals surface area contributed by atoms with Gasteiger partial charge in [-0.3, -0.25) is 4.98 Å². The van der Waals surface area contributed by atoms with Gasteiger partial charge >= 0.3 is 0 Å². The highest BCUT2D eigenvalue weighted by atomic mass is 16.5. The average molecular weight is 270 g/mol. The molecule has 0 fully saturated rings. The van der Waals surface area contributed by atoms with Crippen LogP contribution in [-0.4, -0.2) is 11.6 Å². The fraction of sp³-hybridized carbons (Fsp3) is 0.353. The molecule has 2 aromatic rings. The standard InChI is InChI=1S/C17H22N2O/c1-3-13-5-8-15(19-12-13)11-17(18)14-6-9-16(10-7-14)20-4-2/h5-10,12,17H,3-4,11,18H2,1-2H3. The van der Waals surface area contributed by atoms with E-state index in [0.717, 1.165) is 29.8 Å². The Morgan fingerprint density at radius 1 is 1.10 bits per heavy atom. The van der Waals surface area contributed by atoms with Gasteiger partial charge in [-0.2, -0.15) is 0 Å². The normalized spacial score (nSPS) is 12.2. The summed E-state index contributed by atoms with van der Waals surface area (Å²) in [4.78, 5) is 4.46. The lowest BCUT2D eigenvalue weighted by molar-refractivity contribution is 0.340. The van der Waals surface area contributed by atoms with Gasteiger partial charge in [-0.1, -0.05) is 25.1 Å². The second-order valence-electron chi connectivity index (χ2n) is 4.82. The predicted octanol–water partition coefficient (Wildman–Crippen LogP) is 3.29. The van der Waals surface area contributed by atoms with Crippen molar-refractivity contribution in [3.8, 4) is 5.75 Å². The molecular formula is C17H22N2O. The van der Waals surface area contributed by atoms with Crippen LogP contribution in [0.2, 0.25) is 0 Å². The van der Waals surface area contributed by atoms with Crippen molar-refractivity contribution in [2.75, 3.05) is 6.61 Å². The van der Waals surface area contributed by atoms with Crippen molar-refractivity contribution >= 4 is 0 Å². The number of hydrogen-bond acceptors (Lipinski definition) is 3. The molecule has 0 spiro atoms. The Morgan fingerprint density at radius 2 is 1.85 bits per heavy atom. The third kappa shape index (κ3) is 3.81. The van der Waals surface area contributed by atoms with E-state index < -0.39 is 0 Å². The molecule has 1 atom stereocenters. The molecule has 2 rings (SSSR count). The van der Waals surface area contributed by atoms with Crippen LogP contribution in [0.25, 0.3) is 0 Å². The zero-order chi connectivity index (χ0) is 14.4. The maximum Gasteiger partial charge on any atom is 0.119 e. The summed E-state index contributed by atoms with van der Waals surface area (Å²) >= 11 is 0. The van der Waals surface area contributed by atoms with Crippen molar-refractivity contribution < 1.29 is 4.74 Å². The predicted molar refractivity (Wildman–Crippen MR) is 81.9 cm³/mol. The number of ether oxygens (including phenoxy) is 1. The summed E-state index contributed by atoms with van der Waals surface area (Å²) in [5, 5.41) is 0. The van der Waals surface area contributed by atoms with E-state index in [1.165, 1.54) is 5.56 Å². The summed E-state index contributed by atoms with van der Waals surface area (Å²) < 4.78 is 5.43. The van der Waals surface area contributed by atoms with E-state index in [-0.39, 0.29) is 6.04 Å². The zero-order valence-electron chi connectivity index (χ0n) is 12.2. The van der Waals surface area contributed by atoms with Crippen LogP contribution in [0.15, 0.2) is 42.6 Å². The summed E-state index contributed by atoms with van der Waals surface area (Å²) in [7, 11) is 0. The molecule has 1 unspecified atom stereocenters. The quantitative estimate of drug-likeness (QED) is 0.876. The molecule has 0 saturated carbocycles. The molecule has 20 heavy (non-hydrogen) atoms. The number of hydrogen-bond donors (Lipinski definition) is 1. The van der Waals surface area contributed by atoms with Crippen LogP contribution >= 0.6 is 0 Å². The molecule has 106 valence electrons. The molecule has 0 amide bonds. The first-order valence-electron chi connectivity index (χ1n) is 7.15. The third-order valence-electron chi connectivity index (χ3n) is 3.34. The van der Waals surface area contributed by atoms with Crippen LogP contribution in [0.5, 0.6) is 5.75 Å². The molecule has 3 heteroatoms. The van der Waals surface area contributed by atoms with Gasteiger partial charge < -0.3 is 10.5 Å². The number of pyridine rings is 1. The van der Waals surface area contributed by atoms with Gasteiger partial charge in [0.25, 0.3) is 0 Å². The van der Waals surface area contributed by atoms with E-state index in [0.29, 0.717) is 6.61 Å². The van der Waals surface area contributed by atoms with Crippen LogP contribution in [0.4, 0.5) is 0 Å². The number of benzene rings is 1. The van der Waals surface area contributed by atoms with Crippen LogP contribution < -0.4 is 10.5 Å². The fourth-order valence-electron chi connectivity index (χ4n) is 2.11. The molecule has 0 aliphatic rings. The summed E-state index contributed by atoms with van der Waals surface area (Å²) in [6, 6.07) is 12.1. The summed E-state index contributed by atoms with van der Waals surface area (Å²) in [5.74, 6) is 0.883. The monoisotopic (exact) mass is 270 g/mol. The molecule has 0 aliphatic carbocycles. The largest absolute Gasteiger partial charge is 0.494 e. The minimum absolute atomic E-state index is 0.0364. The van der Waals surface area contributed by atoms with Gasteiger partial charge in [0.05, 0.1) is 6.61 Å². The topological polar surface area (TPSA) is 48.1 Å². The molecule has 3 nitrogen and oxygen atoms in total. The number of nitrogens with zero attached hydrogens (tertiary/aromatic N) is 1. The second kappa shape index (κ2) is 7.06. The minimum Gasteiger partial charge on any atom is -0.494 e. The number of nitrogens with two attached hydrogens (primary N) is 1. The Kier molecular flexibility index (Phi) is 5.13. The summed E-state index contributed by atoms with van der Waals surface area (Å²) in [5.41, 5.74) is 9.63. The molecule has 0 saturated heterocycles. The van der Waals surface area contributed by atoms with E-state index >= 15 is 0 Å². The van der Waals surface area contributed by atoms with Crippen LogP contribution in [0.3, 0.4) is 0 Å².